The van der Waals surface area contributed by atoms with Crippen LogP contribution in [0.1, 0.15) is 53.4 Å². The fraction of sp³-hybridized carbons (Fsp3) is 0.923. The summed E-state index contributed by atoms with van der Waals surface area (Å²) in [5, 5.41) is 6.51. The lowest BCUT2D eigenvalue weighted by Crippen LogP contribution is -2.37. The van der Waals surface area contributed by atoms with E-state index in [9.17, 15) is 9.13 Å². The van der Waals surface area contributed by atoms with E-state index in [2.05, 4.69) is 10.6 Å². The van der Waals surface area contributed by atoms with Crippen LogP contribution in [0, 0.1) is 0 Å². The molecule has 2 atom stereocenters. The number of thiocarbonyl (C=S) groups is 1. The normalized spacial score (nSPS) is 17.2. The molecule has 0 saturated carbocycles. The van der Waals surface area contributed by atoms with Crippen LogP contribution in [0.2, 0.25) is 0 Å². The average molecular weight is 434 g/mol. The van der Waals surface area contributed by atoms with Gasteiger partial charge in [0.15, 0.2) is 5.11 Å². The highest BCUT2D eigenvalue weighted by molar-refractivity contribution is 7.80. The molecular formula is C13H32N4O6P2S. The van der Waals surface area contributed by atoms with E-state index < -0.39 is 26.7 Å². The van der Waals surface area contributed by atoms with Crippen molar-refractivity contribution >= 4 is 32.8 Å². The van der Waals surface area contributed by atoms with Crippen molar-refractivity contribution in [3.05, 3.63) is 0 Å². The minimum absolute atomic E-state index is 0.473. The van der Waals surface area contributed by atoms with Crippen molar-refractivity contribution in [2.24, 2.45) is 11.0 Å². The first kappa shape index (κ1) is 25.9. The van der Waals surface area contributed by atoms with Gasteiger partial charge in [-0.15, -0.1) is 0 Å². The minimum atomic E-state index is -4.01. The highest BCUT2D eigenvalue weighted by Gasteiger charge is 2.27. The summed E-state index contributed by atoms with van der Waals surface area (Å²) in [6.07, 6.45) is 2.38. The van der Waals surface area contributed by atoms with Gasteiger partial charge in [0.05, 0.1) is 11.2 Å². The van der Waals surface area contributed by atoms with Crippen molar-refractivity contribution < 1.29 is 28.0 Å². The predicted octanol–water partition coefficient (Wildman–Crippen LogP) is 1.72. The molecule has 0 aromatic rings. The van der Waals surface area contributed by atoms with E-state index >= 15 is 0 Å². The molecule has 0 rings (SSSR count). The standard InChI is InChI=1S/C13H32N4O6P2S/c1-12(2,22-24(14,18)19)7-5-9-16-11(26)17-10-6-8-13(3,4)23-25(15,20)21/h5-10H2,1-4H3,(H3,14,18,19)(H3,15,20,21)(H2,16,17,26). The predicted molar refractivity (Wildman–Crippen MR) is 105 cm³/mol. The van der Waals surface area contributed by atoms with Gasteiger partial charge in [-0.2, -0.15) is 0 Å². The first-order valence-corrected chi connectivity index (χ1v) is 11.9. The molecule has 0 fully saturated rings. The molecule has 0 heterocycles. The summed E-state index contributed by atoms with van der Waals surface area (Å²) in [6.45, 7) is 7.89. The number of rotatable bonds is 12. The zero-order valence-electron chi connectivity index (χ0n) is 15.7. The van der Waals surface area contributed by atoms with Crippen LogP contribution in [0.25, 0.3) is 0 Å². The molecule has 0 aliphatic rings. The zero-order chi connectivity index (χ0) is 20.6. The molecule has 2 unspecified atom stereocenters. The third kappa shape index (κ3) is 16.1. The summed E-state index contributed by atoms with van der Waals surface area (Å²) >= 11 is 5.15. The highest BCUT2D eigenvalue weighted by atomic mass is 32.1. The van der Waals surface area contributed by atoms with Gasteiger partial charge < -0.3 is 20.4 Å². The lowest BCUT2D eigenvalue weighted by Gasteiger charge is -2.26. The van der Waals surface area contributed by atoms with Crippen molar-refractivity contribution in [3.8, 4) is 0 Å². The summed E-state index contributed by atoms with van der Waals surface area (Å²) in [7, 11) is -8.02. The largest absolute Gasteiger partial charge is 0.400 e. The van der Waals surface area contributed by atoms with Crippen LogP contribution in [-0.2, 0) is 18.2 Å². The molecule has 0 aliphatic carbocycles. The number of hydrogen-bond acceptors (Lipinski definition) is 5. The molecule has 0 aromatic carbocycles. The Kier molecular flexibility index (Phi) is 10.4. The topological polar surface area (TPSA) is 169 Å². The van der Waals surface area contributed by atoms with Crippen LogP contribution >= 0.6 is 27.7 Å². The van der Waals surface area contributed by atoms with E-state index in [0.717, 1.165) is 0 Å². The Balaban J connectivity index is 3.91. The molecule has 0 bridgehead atoms. The highest BCUT2D eigenvalue weighted by Crippen LogP contribution is 2.39. The summed E-state index contributed by atoms with van der Waals surface area (Å²) in [5.41, 5.74) is 8.39. The second kappa shape index (κ2) is 10.5. The van der Waals surface area contributed by atoms with Gasteiger partial charge in [-0.1, -0.05) is 0 Å². The van der Waals surface area contributed by atoms with E-state index in [1.807, 2.05) is 0 Å². The van der Waals surface area contributed by atoms with Crippen molar-refractivity contribution in [1.82, 2.24) is 10.6 Å². The Morgan fingerprint density at radius 3 is 1.50 bits per heavy atom. The van der Waals surface area contributed by atoms with Gasteiger partial charge in [-0.05, 0) is 65.6 Å². The Morgan fingerprint density at radius 1 is 0.923 bits per heavy atom. The van der Waals surface area contributed by atoms with E-state index in [4.69, 9.17) is 42.1 Å². The van der Waals surface area contributed by atoms with Crippen LogP contribution in [0.5, 0.6) is 0 Å². The monoisotopic (exact) mass is 434 g/mol. The van der Waals surface area contributed by atoms with Gasteiger partial charge in [0.2, 0.25) is 0 Å². The van der Waals surface area contributed by atoms with E-state index in [-0.39, 0.29) is 0 Å². The molecule has 0 saturated heterocycles. The van der Waals surface area contributed by atoms with Gasteiger partial charge in [-0.25, -0.2) is 20.1 Å². The SMILES string of the molecule is CC(C)(CCCNC(=S)NCCCC(C)(C)OP(N)(=O)O)OP(N)(=O)O. The summed E-state index contributed by atoms with van der Waals surface area (Å²) in [4.78, 5) is 18.1. The van der Waals surface area contributed by atoms with Crippen molar-refractivity contribution in [3.63, 3.8) is 0 Å². The minimum Gasteiger partial charge on any atom is -0.363 e. The fourth-order valence-corrected chi connectivity index (χ4v) is 4.10. The number of nitrogens with two attached hydrogens (primary N) is 2. The zero-order valence-corrected chi connectivity index (χ0v) is 18.3. The molecule has 0 amide bonds. The third-order valence-electron chi connectivity index (χ3n) is 3.24. The average Bonchev–Trinajstić information content (AvgIpc) is 2.34. The summed E-state index contributed by atoms with van der Waals surface area (Å²) in [5.74, 6) is 0. The Labute approximate surface area is 160 Å². The molecule has 0 radical (unpaired) electrons. The molecule has 0 aliphatic heterocycles. The van der Waals surface area contributed by atoms with Crippen LogP contribution in [-0.4, -0.2) is 39.2 Å². The van der Waals surface area contributed by atoms with Crippen LogP contribution < -0.4 is 21.6 Å². The Morgan fingerprint density at radius 2 is 1.23 bits per heavy atom. The van der Waals surface area contributed by atoms with Crippen LogP contribution in [0.15, 0.2) is 0 Å². The van der Waals surface area contributed by atoms with Crippen molar-refractivity contribution in [1.29, 1.82) is 0 Å². The smallest absolute Gasteiger partial charge is 0.363 e. The number of nitrogens with one attached hydrogen (secondary N) is 2. The number of hydrogen-bond donors (Lipinski definition) is 6. The van der Waals surface area contributed by atoms with Gasteiger partial charge in [0.1, 0.15) is 0 Å². The third-order valence-corrected chi connectivity index (χ3v) is 5.04. The first-order chi connectivity index (χ1) is 11.5. The Hall–Kier alpha value is -0.0900. The lowest BCUT2D eigenvalue weighted by atomic mass is 10.0. The van der Waals surface area contributed by atoms with E-state index in [1.54, 1.807) is 27.7 Å². The van der Waals surface area contributed by atoms with Crippen LogP contribution in [0.3, 0.4) is 0 Å². The second-order valence-electron chi connectivity index (χ2n) is 7.22. The fourth-order valence-electron chi connectivity index (χ4n) is 2.29. The van der Waals surface area contributed by atoms with Crippen LogP contribution in [0.4, 0.5) is 0 Å². The maximum absolute atomic E-state index is 11.1. The molecule has 0 aromatic heterocycles. The molecule has 10 nitrogen and oxygen atoms in total. The molecule has 0 spiro atoms. The van der Waals surface area contributed by atoms with Gasteiger partial charge >= 0.3 is 15.5 Å². The van der Waals surface area contributed by atoms with Gasteiger partial charge in [-0.3, -0.25) is 9.05 Å². The van der Waals surface area contributed by atoms with Gasteiger partial charge in [0, 0.05) is 13.1 Å². The molecule has 156 valence electrons. The molecule has 13 heteroatoms. The second-order valence-corrected chi connectivity index (χ2v) is 10.2. The van der Waals surface area contributed by atoms with Crippen molar-refractivity contribution in [2.75, 3.05) is 13.1 Å². The van der Waals surface area contributed by atoms with E-state index in [0.29, 0.717) is 43.9 Å². The Bertz CT molecular complexity index is 503. The van der Waals surface area contributed by atoms with Gasteiger partial charge in [0.25, 0.3) is 0 Å². The summed E-state index contributed by atoms with van der Waals surface area (Å²) in [6, 6.07) is 0. The first-order valence-electron chi connectivity index (χ1n) is 8.17. The quantitative estimate of drug-likeness (QED) is 0.150. The molecule has 8 N–H and O–H groups in total. The van der Waals surface area contributed by atoms with E-state index in [1.165, 1.54) is 0 Å². The molecular weight excluding hydrogens is 402 g/mol. The summed E-state index contributed by atoms with van der Waals surface area (Å²) < 4.78 is 32.0. The maximum atomic E-state index is 11.1. The maximum Gasteiger partial charge on any atom is 0.400 e. The molecule has 26 heavy (non-hydrogen) atoms. The van der Waals surface area contributed by atoms with Crippen molar-refractivity contribution in [2.45, 2.75) is 64.6 Å². The lowest BCUT2D eigenvalue weighted by molar-refractivity contribution is 0.0810.